The van der Waals surface area contributed by atoms with E-state index >= 15 is 0 Å². The number of aliphatic hydroxyl groups excluding tert-OH is 2. The third-order valence-electron chi connectivity index (χ3n) is 4.65. The average Bonchev–Trinajstić information content (AvgIpc) is 2.84. The van der Waals surface area contributed by atoms with Crippen molar-refractivity contribution in [3.63, 3.8) is 0 Å². The number of hydrogen-bond acceptors (Lipinski definition) is 7. The molecule has 0 bridgehead atoms. The topological polar surface area (TPSA) is 163 Å². The number of carboxylic acid groups (broad SMARTS) is 2. The van der Waals surface area contributed by atoms with Crippen LogP contribution in [-0.4, -0.2) is 51.6 Å². The fourth-order valence-electron chi connectivity index (χ4n) is 2.90. The van der Waals surface area contributed by atoms with Crippen molar-refractivity contribution in [2.45, 2.75) is 18.6 Å². The molecule has 0 unspecified atom stereocenters. The zero-order chi connectivity index (χ0) is 25.8. The molecule has 0 aliphatic carbocycles. The Kier molecular flexibility index (Phi) is 10.9. The summed E-state index contributed by atoms with van der Waals surface area (Å²) in [6, 6.07) is 19.1. The Morgan fingerprint density at radius 2 is 1.71 bits per heavy atom. The van der Waals surface area contributed by atoms with E-state index in [0.717, 1.165) is 11.1 Å². The van der Waals surface area contributed by atoms with Gasteiger partial charge in [-0.25, -0.2) is 9.59 Å². The second kappa shape index (κ2) is 13.9. The molecule has 2 aromatic carbocycles. The number of halogens is 1. The molecule has 0 radical (unpaired) electrons. The van der Waals surface area contributed by atoms with Crippen molar-refractivity contribution in [2.24, 2.45) is 0 Å². The summed E-state index contributed by atoms with van der Waals surface area (Å²) in [7, 11) is 0. The molecule has 3 rings (SSSR count). The van der Waals surface area contributed by atoms with E-state index in [1.54, 1.807) is 48.5 Å². The summed E-state index contributed by atoms with van der Waals surface area (Å²) in [5.74, 6) is -2.90. The highest BCUT2D eigenvalue weighted by Gasteiger charge is 2.13. The van der Waals surface area contributed by atoms with Gasteiger partial charge in [-0.15, -0.1) is 4.73 Å². The van der Waals surface area contributed by atoms with Gasteiger partial charge in [-0.05, 0) is 47.9 Å². The SMILES string of the molecule is O=C(O)C(=O)O.[O-][n+]1ccccc1Oc1ccc(C[C@H](CO)NC[C@@H](O)c2cccc(Cl)c2)cc1. The van der Waals surface area contributed by atoms with Gasteiger partial charge in [-0.1, -0.05) is 35.9 Å². The van der Waals surface area contributed by atoms with Crippen LogP contribution in [0, 0.1) is 5.21 Å². The number of ether oxygens (including phenoxy) is 1. The molecule has 186 valence electrons. The summed E-state index contributed by atoms with van der Waals surface area (Å²) >= 11 is 5.96. The molecule has 0 amide bonds. The molecule has 10 nitrogen and oxygen atoms in total. The number of pyridine rings is 1. The van der Waals surface area contributed by atoms with Crippen LogP contribution >= 0.6 is 11.6 Å². The van der Waals surface area contributed by atoms with Gasteiger partial charge in [0, 0.05) is 23.7 Å². The van der Waals surface area contributed by atoms with Crippen LogP contribution in [0.5, 0.6) is 11.6 Å². The summed E-state index contributed by atoms with van der Waals surface area (Å²) in [5, 5.41) is 50.2. The van der Waals surface area contributed by atoms with Gasteiger partial charge in [-0.2, -0.15) is 0 Å². The number of carbonyl (C=O) groups is 2. The second-order valence-corrected chi connectivity index (χ2v) is 7.72. The van der Waals surface area contributed by atoms with Gasteiger partial charge in [0.25, 0.3) is 0 Å². The molecular formula is C24H25ClN2O8. The van der Waals surface area contributed by atoms with Crippen molar-refractivity contribution >= 4 is 23.5 Å². The maximum atomic E-state index is 11.7. The lowest BCUT2D eigenvalue weighted by Gasteiger charge is -2.19. The van der Waals surface area contributed by atoms with E-state index in [0.29, 0.717) is 28.5 Å². The highest BCUT2D eigenvalue weighted by molar-refractivity contribution is 6.30. The number of carboxylic acids is 2. The summed E-state index contributed by atoms with van der Waals surface area (Å²) in [6.45, 7) is 0.227. The number of rotatable bonds is 9. The van der Waals surface area contributed by atoms with E-state index in [2.05, 4.69) is 5.32 Å². The molecule has 35 heavy (non-hydrogen) atoms. The molecule has 0 spiro atoms. The molecule has 11 heteroatoms. The molecular weight excluding hydrogens is 480 g/mol. The number of aliphatic hydroxyl groups is 2. The van der Waals surface area contributed by atoms with Crippen LogP contribution in [-0.2, 0) is 16.0 Å². The minimum absolute atomic E-state index is 0.0687. The number of aliphatic carboxylic acids is 2. The van der Waals surface area contributed by atoms with Gasteiger partial charge in [-0.3, -0.25) is 0 Å². The van der Waals surface area contributed by atoms with Gasteiger partial charge >= 0.3 is 17.8 Å². The molecule has 0 aliphatic rings. The van der Waals surface area contributed by atoms with Gasteiger partial charge in [0.1, 0.15) is 5.75 Å². The average molecular weight is 505 g/mol. The first-order valence-corrected chi connectivity index (χ1v) is 10.8. The number of nitrogens with zero attached hydrogens (tertiary/aromatic N) is 1. The monoisotopic (exact) mass is 504 g/mol. The maximum absolute atomic E-state index is 11.7. The molecule has 0 saturated carbocycles. The summed E-state index contributed by atoms with van der Waals surface area (Å²) in [5.41, 5.74) is 1.71. The van der Waals surface area contributed by atoms with Gasteiger partial charge in [0.15, 0.2) is 6.20 Å². The van der Waals surface area contributed by atoms with E-state index in [9.17, 15) is 15.4 Å². The number of nitrogens with one attached hydrogen (secondary N) is 1. The Morgan fingerprint density at radius 1 is 1.03 bits per heavy atom. The number of benzene rings is 2. The normalized spacial score (nSPS) is 12.1. The highest BCUT2D eigenvalue weighted by atomic mass is 35.5. The van der Waals surface area contributed by atoms with E-state index < -0.39 is 18.0 Å². The van der Waals surface area contributed by atoms with Crippen molar-refractivity contribution in [1.29, 1.82) is 0 Å². The van der Waals surface area contributed by atoms with Gasteiger partial charge in [0.05, 0.1) is 18.8 Å². The zero-order valence-corrected chi connectivity index (χ0v) is 19.2. The van der Waals surface area contributed by atoms with E-state index in [-0.39, 0.29) is 18.5 Å². The Balaban J connectivity index is 0.000000641. The van der Waals surface area contributed by atoms with E-state index in [1.807, 2.05) is 18.2 Å². The molecule has 2 atom stereocenters. The first-order chi connectivity index (χ1) is 16.7. The van der Waals surface area contributed by atoms with Crippen molar-refractivity contribution in [1.82, 2.24) is 5.32 Å². The molecule has 1 aromatic heterocycles. The highest BCUT2D eigenvalue weighted by Crippen LogP contribution is 2.20. The van der Waals surface area contributed by atoms with Crippen LogP contribution < -0.4 is 14.8 Å². The Labute approximate surface area is 206 Å². The fraction of sp³-hybridized carbons (Fsp3) is 0.208. The molecule has 1 heterocycles. The summed E-state index contributed by atoms with van der Waals surface area (Å²) in [6.07, 6.45) is 1.23. The maximum Gasteiger partial charge on any atom is 0.414 e. The minimum Gasteiger partial charge on any atom is -0.616 e. The van der Waals surface area contributed by atoms with Crippen LogP contribution in [0.25, 0.3) is 0 Å². The standard InChI is InChI=1S/C22H23ClN2O4.C2H2O4/c23-18-5-3-4-17(13-18)21(27)14-24-19(15-26)12-16-7-9-20(10-8-16)29-22-6-1-2-11-25(22)28;3-1(4)2(5)6/h1-11,13,19,21,24,26-27H,12,14-15H2;(H,3,4)(H,5,6)/t19-,21-;/m1./s1. The number of aromatic nitrogens is 1. The van der Waals surface area contributed by atoms with Gasteiger partial charge < -0.3 is 35.7 Å². The Bertz CT molecular complexity index is 1100. The smallest absolute Gasteiger partial charge is 0.414 e. The van der Waals surface area contributed by atoms with Crippen LogP contribution in [0.15, 0.2) is 72.9 Å². The quantitative estimate of drug-likeness (QED) is 0.167. The third-order valence-corrected chi connectivity index (χ3v) is 4.89. The number of hydrogen-bond donors (Lipinski definition) is 5. The first-order valence-electron chi connectivity index (χ1n) is 10.4. The lowest BCUT2D eigenvalue weighted by atomic mass is 10.1. The first kappa shape index (κ1) is 27.5. The van der Waals surface area contributed by atoms with Crippen LogP contribution in [0.4, 0.5) is 0 Å². The van der Waals surface area contributed by atoms with Crippen molar-refractivity contribution in [2.75, 3.05) is 13.2 Å². The van der Waals surface area contributed by atoms with Crippen molar-refractivity contribution in [3.05, 3.63) is 94.3 Å². The lowest BCUT2D eigenvalue weighted by molar-refractivity contribution is -0.611. The predicted molar refractivity (Wildman–Crippen MR) is 126 cm³/mol. The van der Waals surface area contributed by atoms with Crippen LogP contribution in [0.1, 0.15) is 17.2 Å². The predicted octanol–water partition coefficient (Wildman–Crippen LogP) is 2.15. The van der Waals surface area contributed by atoms with E-state index in [4.69, 9.17) is 36.1 Å². The van der Waals surface area contributed by atoms with E-state index in [1.165, 1.54) is 6.20 Å². The Morgan fingerprint density at radius 3 is 2.29 bits per heavy atom. The molecule has 5 N–H and O–H groups in total. The van der Waals surface area contributed by atoms with Gasteiger partial charge in [0.2, 0.25) is 0 Å². The van der Waals surface area contributed by atoms with Crippen LogP contribution in [0.2, 0.25) is 5.02 Å². The molecule has 3 aromatic rings. The van der Waals surface area contributed by atoms with Crippen molar-refractivity contribution in [3.8, 4) is 11.6 Å². The molecule has 0 fully saturated rings. The fourth-order valence-corrected chi connectivity index (χ4v) is 3.10. The largest absolute Gasteiger partial charge is 0.616 e. The third kappa shape index (κ3) is 9.59. The lowest BCUT2D eigenvalue weighted by Crippen LogP contribution is -2.37. The zero-order valence-electron chi connectivity index (χ0n) is 18.5. The summed E-state index contributed by atoms with van der Waals surface area (Å²) < 4.78 is 6.23. The molecule has 0 saturated heterocycles. The molecule has 0 aliphatic heterocycles. The minimum atomic E-state index is -1.82. The summed E-state index contributed by atoms with van der Waals surface area (Å²) in [4.78, 5) is 18.2. The Hall–Kier alpha value is -3.70. The second-order valence-electron chi connectivity index (χ2n) is 7.28. The van der Waals surface area contributed by atoms with Crippen molar-refractivity contribution < 1.29 is 39.5 Å². The van der Waals surface area contributed by atoms with Crippen LogP contribution in [0.3, 0.4) is 0 Å².